The monoisotopic (exact) mass is 494 g/mol. The van der Waals surface area contributed by atoms with Gasteiger partial charge in [-0.3, -0.25) is 4.79 Å². The number of hydrogen-bond acceptors (Lipinski definition) is 5. The predicted octanol–water partition coefficient (Wildman–Crippen LogP) is 3.65. The van der Waals surface area contributed by atoms with Crippen LogP contribution in [0, 0.1) is 17.5 Å². The number of sulfonamides is 1. The van der Waals surface area contributed by atoms with Gasteiger partial charge in [-0.05, 0) is 36.2 Å². The smallest absolute Gasteiger partial charge is 0.242 e. The highest BCUT2D eigenvalue weighted by Gasteiger charge is 2.28. The normalized spacial score (nSPS) is 12.1. The number of benzene rings is 3. The molecular weight excluding hydrogens is 473 g/mol. The molecule has 3 aromatic rings. The van der Waals surface area contributed by atoms with Crippen LogP contribution in [0.1, 0.15) is 5.56 Å². The number of carbonyl (C=O) groups is 1. The van der Waals surface area contributed by atoms with Gasteiger partial charge < -0.3 is 14.8 Å². The second-order valence-electron chi connectivity index (χ2n) is 7.09. The molecule has 0 spiro atoms. The van der Waals surface area contributed by atoms with E-state index < -0.39 is 45.1 Å². The third-order valence-corrected chi connectivity index (χ3v) is 6.32. The molecule has 0 radical (unpaired) electrons. The molecule has 3 rings (SSSR count). The van der Waals surface area contributed by atoms with E-state index in [9.17, 15) is 26.4 Å². The molecule has 180 valence electrons. The summed E-state index contributed by atoms with van der Waals surface area (Å²) in [4.78, 5) is 12.7. The average Bonchev–Trinajstić information content (AvgIpc) is 2.84. The third-order valence-electron chi connectivity index (χ3n) is 4.85. The van der Waals surface area contributed by atoms with Crippen molar-refractivity contribution in [3.63, 3.8) is 0 Å². The van der Waals surface area contributed by atoms with Crippen LogP contribution in [0.15, 0.2) is 65.6 Å². The summed E-state index contributed by atoms with van der Waals surface area (Å²) in [5.74, 6) is -5.31. The highest BCUT2D eigenvalue weighted by Crippen LogP contribution is 2.29. The van der Waals surface area contributed by atoms with E-state index >= 15 is 0 Å². The van der Waals surface area contributed by atoms with Crippen LogP contribution in [-0.2, 0) is 21.2 Å². The van der Waals surface area contributed by atoms with E-state index in [1.165, 1.54) is 32.4 Å². The Morgan fingerprint density at radius 1 is 0.912 bits per heavy atom. The Kier molecular flexibility index (Phi) is 7.79. The molecule has 0 aliphatic heterocycles. The van der Waals surface area contributed by atoms with E-state index in [0.717, 1.165) is 6.07 Å². The Morgan fingerprint density at radius 2 is 1.59 bits per heavy atom. The molecule has 0 aliphatic rings. The number of hydrogen-bond donors (Lipinski definition) is 2. The third kappa shape index (κ3) is 5.67. The maximum Gasteiger partial charge on any atom is 0.242 e. The Balaban J connectivity index is 1.93. The molecule has 0 saturated carbocycles. The Bertz CT molecular complexity index is 1290. The van der Waals surface area contributed by atoms with Crippen LogP contribution in [0.2, 0.25) is 0 Å². The van der Waals surface area contributed by atoms with Gasteiger partial charge in [-0.15, -0.1) is 0 Å². The second-order valence-corrected chi connectivity index (χ2v) is 8.81. The molecule has 7 nitrogen and oxygen atoms in total. The minimum absolute atomic E-state index is 0.107. The molecular formula is C23H21F3N2O5S. The molecule has 0 unspecified atom stereocenters. The molecule has 34 heavy (non-hydrogen) atoms. The van der Waals surface area contributed by atoms with Gasteiger partial charge >= 0.3 is 0 Å². The fraction of sp³-hybridized carbons (Fsp3) is 0.174. The zero-order valence-corrected chi connectivity index (χ0v) is 19.0. The van der Waals surface area contributed by atoms with Gasteiger partial charge in [0.05, 0.1) is 24.8 Å². The van der Waals surface area contributed by atoms with Gasteiger partial charge in [0, 0.05) is 6.07 Å². The van der Waals surface area contributed by atoms with E-state index in [1.54, 1.807) is 30.3 Å². The topological polar surface area (TPSA) is 93.7 Å². The molecule has 0 bridgehead atoms. The highest BCUT2D eigenvalue weighted by molar-refractivity contribution is 7.89. The van der Waals surface area contributed by atoms with Gasteiger partial charge in [0.25, 0.3) is 0 Å². The summed E-state index contributed by atoms with van der Waals surface area (Å²) in [7, 11) is -1.55. The lowest BCUT2D eigenvalue weighted by Crippen LogP contribution is -2.45. The van der Waals surface area contributed by atoms with Crippen LogP contribution in [-0.4, -0.2) is 34.6 Å². The van der Waals surface area contributed by atoms with Crippen molar-refractivity contribution in [3.05, 3.63) is 83.7 Å². The summed E-state index contributed by atoms with van der Waals surface area (Å²) in [6.07, 6.45) is -0.107. The first-order valence-electron chi connectivity index (χ1n) is 9.89. The van der Waals surface area contributed by atoms with Crippen molar-refractivity contribution in [2.24, 2.45) is 0 Å². The van der Waals surface area contributed by atoms with Gasteiger partial charge in [-0.2, -0.15) is 4.72 Å². The van der Waals surface area contributed by atoms with Crippen LogP contribution < -0.4 is 19.5 Å². The van der Waals surface area contributed by atoms with Crippen molar-refractivity contribution < 1.29 is 35.9 Å². The van der Waals surface area contributed by atoms with E-state index in [0.29, 0.717) is 17.4 Å². The Labute approximate surface area is 194 Å². The van der Waals surface area contributed by atoms with Crippen molar-refractivity contribution >= 4 is 21.6 Å². The maximum atomic E-state index is 14.1. The van der Waals surface area contributed by atoms with Gasteiger partial charge in [0.1, 0.15) is 6.04 Å². The molecule has 0 heterocycles. The minimum atomic E-state index is -4.27. The molecule has 1 atom stereocenters. The lowest BCUT2D eigenvalue weighted by Gasteiger charge is -2.19. The van der Waals surface area contributed by atoms with E-state index in [1.807, 2.05) is 0 Å². The highest BCUT2D eigenvalue weighted by atomic mass is 32.2. The average molecular weight is 494 g/mol. The summed E-state index contributed by atoms with van der Waals surface area (Å²) in [6, 6.07) is 12.4. The van der Waals surface area contributed by atoms with Crippen LogP contribution in [0.5, 0.6) is 11.5 Å². The quantitative estimate of drug-likeness (QED) is 0.443. The molecule has 2 N–H and O–H groups in total. The largest absolute Gasteiger partial charge is 0.493 e. The Morgan fingerprint density at radius 3 is 2.24 bits per heavy atom. The fourth-order valence-electron chi connectivity index (χ4n) is 3.12. The van der Waals surface area contributed by atoms with Crippen LogP contribution in [0.3, 0.4) is 0 Å². The summed E-state index contributed by atoms with van der Waals surface area (Å²) in [6.45, 7) is 0. The summed E-state index contributed by atoms with van der Waals surface area (Å²) in [5.41, 5.74) is -0.0318. The number of nitrogens with one attached hydrogen (secondary N) is 2. The number of amides is 1. The SMILES string of the molecule is COc1ccc(S(=O)(=O)N[C@@H](Cc2ccccc2)C(=O)Nc2ccc(F)c(F)c2F)cc1OC. The maximum absolute atomic E-state index is 14.1. The number of carbonyl (C=O) groups excluding carboxylic acids is 1. The number of methoxy groups -OCH3 is 2. The van der Waals surface area contributed by atoms with Crippen molar-refractivity contribution in [2.45, 2.75) is 17.4 Å². The molecule has 0 fully saturated rings. The Hall–Kier alpha value is -3.57. The molecule has 0 aromatic heterocycles. The number of anilines is 1. The predicted molar refractivity (Wildman–Crippen MR) is 119 cm³/mol. The minimum Gasteiger partial charge on any atom is -0.493 e. The molecule has 0 aliphatic carbocycles. The van der Waals surface area contributed by atoms with Crippen LogP contribution in [0.4, 0.5) is 18.9 Å². The number of halogens is 3. The van der Waals surface area contributed by atoms with Crippen LogP contribution in [0.25, 0.3) is 0 Å². The second kappa shape index (κ2) is 10.6. The standard InChI is InChI=1S/C23H21F3N2O5S/c1-32-19-11-8-15(13-20(19)33-2)34(30,31)28-18(12-14-6-4-3-5-7-14)23(29)27-17-10-9-16(24)21(25)22(17)26/h3-11,13,18,28H,12H2,1-2H3,(H,27,29)/t18-/m0/s1. The first-order valence-corrected chi connectivity index (χ1v) is 11.4. The lowest BCUT2D eigenvalue weighted by molar-refractivity contribution is -0.117. The molecule has 3 aromatic carbocycles. The van der Waals surface area contributed by atoms with Crippen molar-refractivity contribution in [1.82, 2.24) is 4.72 Å². The van der Waals surface area contributed by atoms with Crippen molar-refractivity contribution in [3.8, 4) is 11.5 Å². The van der Waals surface area contributed by atoms with Crippen molar-refractivity contribution in [1.29, 1.82) is 0 Å². The number of rotatable bonds is 9. The van der Waals surface area contributed by atoms with E-state index in [-0.39, 0.29) is 17.1 Å². The first kappa shape index (κ1) is 25.1. The van der Waals surface area contributed by atoms with E-state index in [2.05, 4.69) is 10.0 Å². The zero-order chi connectivity index (χ0) is 24.9. The van der Waals surface area contributed by atoms with Crippen molar-refractivity contribution in [2.75, 3.05) is 19.5 Å². The van der Waals surface area contributed by atoms with Gasteiger partial charge in [-0.25, -0.2) is 21.6 Å². The van der Waals surface area contributed by atoms with Gasteiger partial charge in [-0.1, -0.05) is 30.3 Å². The fourth-order valence-corrected chi connectivity index (χ4v) is 4.33. The lowest BCUT2D eigenvalue weighted by atomic mass is 10.1. The molecule has 11 heteroatoms. The zero-order valence-electron chi connectivity index (χ0n) is 18.1. The molecule has 0 saturated heterocycles. The van der Waals surface area contributed by atoms with Crippen LogP contribution >= 0.6 is 0 Å². The summed E-state index contributed by atoms with van der Waals surface area (Å²) < 4.78 is 79.5. The van der Waals surface area contributed by atoms with E-state index in [4.69, 9.17) is 9.47 Å². The molecule has 1 amide bonds. The number of ether oxygens (including phenoxy) is 2. The van der Waals surface area contributed by atoms with Gasteiger partial charge in [0.15, 0.2) is 29.0 Å². The first-order chi connectivity index (χ1) is 16.2. The van der Waals surface area contributed by atoms with Gasteiger partial charge in [0.2, 0.25) is 15.9 Å². The summed E-state index contributed by atoms with van der Waals surface area (Å²) >= 11 is 0. The summed E-state index contributed by atoms with van der Waals surface area (Å²) in [5, 5.41) is 2.12.